The number of hydrogen-bond donors (Lipinski definition) is 3. The van der Waals surface area contributed by atoms with Crippen molar-refractivity contribution in [2.24, 2.45) is 12.5 Å². The van der Waals surface area contributed by atoms with Gasteiger partial charge in [0.1, 0.15) is 11.5 Å². The number of likely N-dealkylation sites (N-methyl/N-ethyl adjacent to an activating group) is 1. The molecule has 0 saturated carbocycles. The van der Waals surface area contributed by atoms with Crippen LogP contribution in [-0.2, 0) is 47.4 Å². The zero-order valence-electron chi connectivity index (χ0n) is 32.2. The number of ether oxygens (including phenoxy) is 1. The number of aromatic nitrogens is 4. The summed E-state index contributed by atoms with van der Waals surface area (Å²) < 4.78 is 8.96. The summed E-state index contributed by atoms with van der Waals surface area (Å²) in [5.74, 6) is -0.256. The van der Waals surface area contributed by atoms with E-state index in [9.17, 15) is 24.3 Å². The van der Waals surface area contributed by atoms with Gasteiger partial charge in [-0.15, -0.1) is 0 Å². The highest BCUT2D eigenvalue weighted by molar-refractivity contribution is 6.06. The fourth-order valence-corrected chi connectivity index (χ4v) is 8.49. The topological polar surface area (TPSA) is 167 Å². The fourth-order valence-electron chi connectivity index (χ4n) is 8.49. The third kappa shape index (κ3) is 6.69. The summed E-state index contributed by atoms with van der Waals surface area (Å²) in [6, 6.07) is 8.90. The molecule has 1 unspecified atom stereocenters. The number of nitrogens with zero attached hydrogens (tertiary/aromatic N) is 7. The number of carbonyl (C=O) groups is 3. The van der Waals surface area contributed by atoms with E-state index < -0.39 is 18.1 Å². The van der Waals surface area contributed by atoms with Gasteiger partial charge in [-0.1, -0.05) is 26.5 Å². The highest BCUT2D eigenvalue weighted by Gasteiger charge is 2.38. The molecule has 2 saturated heterocycles. The van der Waals surface area contributed by atoms with Gasteiger partial charge in [-0.2, -0.15) is 0 Å². The molecule has 8 rings (SSSR count). The van der Waals surface area contributed by atoms with Crippen molar-refractivity contribution in [2.75, 3.05) is 55.4 Å². The molecule has 0 bridgehead atoms. The second kappa shape index (κ2) is 14.5. The summed E-state index contributed by atoms with van der Waals surface area (Å²) in [6.45, 7) is 11.1. The minimum absolute atomic E-state index is 0.00125. The van der Waals surface area contributed by atoms with Gasteiger partial charge in [0.2, 0.25) is 11.8 Å². The largest absolute Gasteiger partial charge is 0.392 e. The monoisotopic (exact) mass is 761 g/mol. The summed E-state index contributed by atoms with van der Waals surface area (Å²) in [5.41, 5.74) is 5.77. The molecule has 1 aromatic carbocycles. The molecule has 292 valence electrons. The third-order valence-corrected chi connectivity index (χ3v) is 11.6. The van der Waals surface area contributed by atoms with E-state index in [4.69, 9.17) is 9.72 Å². The van der Waals surface area contributed by atoms with Gasteiger partial charge in [0.25, 0.3) is 11.5 Å². The van der Waals surface area contributed by atoms with Crippen molar-refractivity contribution in [3.05, 3.63) is 93.8 Å². The number of aliphatic hydroxyl groups excluding tert-OH is 1. The van der Waals surface area contributed by atoms with Crippen LogP contribution >= 0.6 is 0 Å². The molecule has 3 aromatic heterocycles. The van der Waals surface area contributed by atoms with E-state index in [1.54, 1.807) is 54.5 Å². The number of hydrogen-bond acceptors (Lipinski definition) is 10. The minimum atomic E-state index is -0.426. The molecule has 1 aliphatic carbocycles. The van der Waals surface area contributed by atoms with E-state index in [0.717, 1.165) is 18.4 Å². The molecule has 0 spiro atoms. The summed E-state index contributed by atoms with van der Waals surface area (Å²) in [4.78, 5) is 68.2. The molecule has 3 amide bonds. The molecule has 1 atom stereocenters. The Balaban J connectivity index is 1.11. The molecule has 4 aliphatic rings. The first-order valence-electron chi connectivity index (χ1n) is 19.0. The summed E-state index contributed by atoms with van der Waals surface area (Å²) in [7, 11) is 3.38. The molecule has 0 radical (unpaired) electrons. The Morgan fingerprint density at radius 3 is 2.62 bits per heavy atom. The quantitative estimate of drug-likeness (QED) is 0.215. The lowest BCUT2D eigenvalue weighted by atomic mass is 9.90. The summed E-state index contributed by atoms with van der Waals surface area (Å²) in [5, 5.41) is 16.8. The predicted molar refractivity (Wildman–Crippen MR) is 211 cm³/mol. The van der Waals surface area contributed by atoms with E-state index in [1.165, 1.54) is 21.9 Å². The molecule has 3 aliphatic heterocycles. The lowest BCUT2D eigenvalue weighted by molar-refractivity contribution is -0.131. The molecule has 3 N–H and O–H groups in total. The number of benzene rings is 1. The van der Waals surface area contributed by atoms with Crippen molar-refractivity contribution in [3.63, 3.8) is 0 Å². The number of fused-ring (bicyclic) bond motifs is 3. The molecule has 6 heterocycles. The smallest absolute Gasteiger partial charge is 0.293 e. The Kier molecular flexibility index (Phi) is 9.63. The molecular weight excluding hydrogens is 715 g/mol. The number of carbonyl (C=O) groups excluding carboxylic acids is 3. The van der Waals surface area contributed by atoms with Gasteiger partial charge < -0.3 is 34.5 Å². The van der Waals surface area contributed by atoms with Crippen LogP contribution in [0.3, 0.4) is 0 Å². The Morgan fingerprint density at radius 2 is 1.89 bits per heavy atom. The predicted octanol–water partition coefficient (Wildman–Crippen LogP) is 3.39. The van der Waals surface area contributed by atoms with Crippen molar-refractivity contribution < 1.29 is 24.2 Å². The van der Waals surface area contributed by atoms with E-state index in [2.05, 4.69) is 45.5 Å². The molecule has 15 nitrogen and oxygen atoms in total. The van der Waals surface area contributed by atoms with Crippen LogP contribution in [0.5, 0.6) is 0 Å². The minimum Gasteiger partial charge on any atom is -0.392 e. The van der Waals surface area contributed by atoms with Gasteiger partial charge in [0.05, 0.1) is 37.6 Å². The van der Waals surface area contributed by atoms with Crippen LogP contribution < -0.4 is 21.1 Å². The fraction of sp³-hybridized carbons (Fsp3) is 0.415. The van der Waals surface area contributed by atoms with Crippen molar-refractivity contribution in [1.82, 2.24) is 28.9 Å². The van der Waals surface area contributed by atoms with E-state index in [1.807, 2.05) is 12.1 Å². The van der Waals surface area contributed by atoms with Gasteiger partial charge in [0.15, 0.2) is 5.82 Å². The maximum atomic E-state index is 14.0. The van der Waals surface area contributed by atoms with Crippen molar-refractivity contribution in [2.45, 2.75) is 58.3 Å². The van der Waals surface area contributed by atoms with E-state index >= 15 is 0 Å². The Hall–Kier alpha value is -5.64. The van der Waals surface area contributed by atoms with Crippen LogP contribution in [0.25, 0.3) is 11.3 Å². The molecular formula is C41H47N9O6. The van der Waals surface area contributed by atoms with Crippen LogP contribution in [0.2, 0.25) is 0 Å². The van der Waals surface area contributed by atoms with Crippen LogP contribution in [0.4, 0.5) is 23.0 Å². The number of rotatable bonds is 9. The summed E-state index contributed by atoms with van der Waals surface area (Å²) in [6.07, 6.45) is 6.55. The first kappa shape index (κ1) is 37.3. The highest BCUT2D eigenvalue weighted by Crippen LogP contribution is 2.40. The maximum Gasteiger partial charge on any atom is 0.293 e. The normalized spacial score (nSPS) is 19.6. The van der Waals surface area contributed by atoms with E-state index in [0.29, 0.717) is 85.5 Å². The molecule has 56 heavy (non-hydrogen) atoms. The number of pyridine rings is 1. The SMILES string of the molecule is C=CC(=O)Nc1cc(Nc2nc(-c3ccnc(N4CCn5c(cc6c5CC(C)(C)C6)C4=O)c3CO)cn(C)c2=O)ccc1C1CN(C2COC2)CCC(=O)N1C. The second-order valence-corrected chi connectivity index (χ2v) is 15.9. The molecule has 2 fully saturated rings. The molecule has 15 heteroatoms. The lowest BCUT2D eigenvalue weighted by Crippen LogP contribution is -2.50. The third-order valence-electron chi connectivity index (χ3n) is 11.6. The van der Waals surface area contributed by atoms with Crippen molar-refractivity contribution in [1.29, 1.82) is 0 Å². The Bertz CT molecular complexity index is 2330. The Labute approximate surface area is 324 Å². The first-order valence-corrected chi connectivity index (χ1v) is 19.0. The van der Waals surface area contributed by atoms with Crippen LogP contribution in [0, 0.1) is 5.41 Å². The zero-order chi connectivity index (χ0) is 39.5. The van der Waals surface area contributed by atoms with Crippen LogP contribution in [-0.4, -0.2) is 97.7 Å². The number of anilines is 4. The number of aliphatic hydroxyl groups is 1. The van der Waals surface area contributed by atoms with Crippen LogP contribution in [0.1, 0.15) is 59.2 Å². The van der Waals surface area contributed by atoms with Gasteiger partial charge in [-0.3, -0.25) is 29.0 Å². The van der Waals surface area contributed by atoms with Gasteiger partial charge >= 0.3 is 0 Å². The summed E-state index contributed by atoms with van der Waals surface area (Å²) >= 11 is 0. The second-order valence-electron chi connectivity index (χ2n) is 15.9. The average molecular weight is 762 g/mol. The number of amides is 3. The number of nitrogens with one attached hydrogen (secondary N) is 2. The maximum absolute atomic E-state index is 14.0. The van der Waals surface area contributed by atoms with E-state index in [-0.39, 0.29) is 35.1 Å². The molecule has 4 aromatic rings. The van der Waals surface area contributed by atoms with Gasteiger partial charge in [-0.25, -0.2) is 9.97 Å². The lowest BCUT2D eigenvalue weighted by Gasteiger charge is -2.38. The van der Waals surface area contributed by atoms with Gasteiger partial charge in [-0.05, 0) is 59.7 Å². The number of aryl methyl sites for hydroxylation is 1. The standard InChI is InChI=1S/C41H47N9O6/c1-6-35(52)44-30-16-25(7-8-28(30)34-20-48(26-22-56-23-26)12-10-36(53)47(34)5)43-37-40(55)46(4)19-31(45-37)27-9-11-42-38(29(27)21-51)50-14-13-49-32(39(50)54)15-24-17-41(2,3)18-33(24)49/h6-9,11,15-16,19,26,34,51H,1,10,12-14,17-18,20-23H2,2-5H3,(H,43,45)(H,44,52). The van der Waals surface area contributed by atoms with Crippen molar-refractivity contribution >= 4 is 40.7 Å². The zero-order valence-corrected chi connectivity index (χ0v) is 32.2. The van der Waals surface area contributed by atoms with Gasteiger partial charge in [0, 0.05) is 87.3 Å². The average Bonchev–Trinajstić information content (AvgIpc) is 3.60. The first-order chi connectivity index (χ1) is 26.8. The highest BCUT2D eigenvalue weighted by atomic mass is 16.5. The van der Waals surface area contributed by atoms with Crippen LogP contribution in [0.15, 0.2) is 60.2 Å². The Morgan fingerprint density at radius 1 is 1.09 bits per heavy atom. The van der Waals surface area contributed by atoms with Crippen molar-refractivity contribution in [3.8, 4) is 11.3 Å².